The number of rotatable bonds is 3. The summed E-state index contributed by atoms with van der Waals surface area (Å²) in [6, 6.07) is 5.27. The first kappa shape index (κ1) is 13.2. The van der Waals surface area contributed by atoms with Crippen molar-refractivity contribution >= 4 is 0 Å². The van der Waals surface area contributed by atoms with E-state index < -0.39 is 0 Å². The van der Waals surface area contributed by atoms with Crippen LogP contribution in [0.3, 0.4) is 0 Å². The summed E-state index contributed by atoms with van der Waals surface area (Å²) in [5.41, 5.74) is 1.70. The van der Waals surface area contributed by atoms with Gasteiger partial charge in [0.05, 0.1) is 6.04 Å². The van der Waals surface area contributed by atoms with Gasteiger partial charge < -0.3 is 9.88 Å². The van der Waals surface area contributed by atoms with Crippen LogP contribution >= 0.6 is 0 Å². The van der Waals surface area contributed by atoms with Gasteiger partial charge in [-0.05, 0) is 37.1 Å². The Balaban J connectivity index is 2.03. The molecule has 2 heterocycles. The number of fused-ring (bicyclic) bond motifs is 1. The molecule has 1 aromatic carbocycles. The zero-order valence-electron chi connectivity index (χ0n) is 11.9. The van der Waals surface area contributed by atoms with E-state index in [0.717, 1.165) is 48.7 Å². The molecule has 20 heavy (non-hydrogen) atoms. The standard InChI is InChI=1S/C15H19FN4/c1-3-4-13-15-19-18-14(20(15)6-5-17-13)11-7-10(2)8-12(16)9-11/h7-9,13,17H,3-6H2,1-2H3. The summed E-state index contributed by atoms with van der Waals surface area (Å²) in [5.74, 6) is 1.51. The maximum absolute atomic E-state index is 13.6. The highest BCUT2D eigenvalue weighted by Gasteiger charge is 2.24. The van der Waals surface area contributed by atoms with Gasteiger partial charge in [-0.15, -0.1) is 10.2 Å². The molecule has 1 aliphatic heterocycles. The van der Waals surface area contributed by atoms with Gasteiger partial charge in [0.1, 0.15) is 5.82 Å². The fourth-order valence-corrected chi connectivity index (χ4v) is 2.83. The fourth-order valence-electron chi connectivity index (χ4n) is 2.83. The normalized spacial score (nSPS) is 18.1. The lowest BCUT2D eigenvalue weighted by molar-refractivity contribution is 0.394. The highest BCUT2D eigenvalue weighted by Crippen LogP contribution is 2.27. The van der Waals surface area contributed by atoms with Gasteiger partial charge in [0.15, 0.2) is 11.6 Å². The first-order valence-electron chi connectivity index (χ1n) is 7.13. The molecule has 1 N–H and O–H groups in total. The van der Waals surface area contributed by atoms with Crippen molar-refractivity contribution in [1.82, 2.24) is 20.1 Å². The average molecular weight is 274 g/mol. The van der Waals surface area contributed by atoms with E-state index in [0.29, 0.717) is 0 Å². The second-order valence-corrected chi connectivity index (χ2v) is 5.35. The van der Waals surface area contributed by atoms with E-state index in [1.807, 2.05) is 13.0 Å². The van der Waals surface area contributed by atoms with E-state index >= 15 is 0 Å². The number of halogens is 1. The molecule has 1 aliphatic rings. The van der Waals surface area contributed by atoms with Gasteiger partial charge in [-0.25, -0.2) is 4.39 Å². The van der Waals surface area contributed by atoms with Crippen molar-refractivity contribution in [3.63, 3.8) is 0 Å². The van der Waals surface area contributed by atoms with E-state index in [4.69, 9.17) is 0 Å². The van der Waals surface area contributed by atoms with Gasteiger partial charge in [0.25, 0.3) is 0 Å². The van der Waals surface area contributed by atoms with Crippen molar-refractivity contribution in [2.24, 2.45) is 0 Å². The summed E-state index contributed by atoms with van der Waals surface area (Å²) in [7, 11) is 0. The molecule has 106 valence electrons. The summed E-state index contributed by atoms with van der Waals surface area (Å²) < 4.78 is 15.7. The molecule has 1 aromatic heterocycles. The minimum absolute atomic E-state index is 0.226. The second-order valence-electron chi connectivity index (χ2n) is 5.35. The first-order valence-corrected chi connectivity index (χ1v) is 7.13. The van der Waals surface area contributed by atoms with Gasteiger partial charge in [0, 0.05) is 18.7 Å². The van der Waals surface area contributed by atoms with Crippen LogP contribution in [0.2, 0.25) is 0 Å². The molecule has 3 rings (SSSR count). The van der Waals surface area contributed by atoms with E-state index in [-0.39, 0.29) is 11.9 Å². The zero-order chi connectivity index (χ0) is 14.1. The number of nitrogens with one attached hydrogen (secondary N) is 1. The summed E-state index contributed by atoms with van der Waals surface area (Å²) in [6.07, 6.45) is 2.14. The molecular weight excluding hydrogens is 255 g/mol. The maximum atomic E-state index is 13.6. The molecule has 1 atom stereocenters. The fraction of sp³-hybridized carbons (Fsp3) is 0.467. The number of nitrogens with zero attached hydrogens (tertiary/aromatic N) is 3. The Hall–Kier alpha value is -1.75. The van der Waals surface area contributed by atoms with Crippen LogP contribution < -0.4 is 5.32 Å². The summed E-state index contributed by atoms with van der Waals surface area (Å²) in [5, 5.41) is 12.1. The maximum Gasteiger partial charge on any atom is 0.164 e. The summed E-state index contributed by atoms with van der Waals surface area (Å²) >= 11 is 0. The Labute approximate surface area is 118 Å². The van der Waals surface area contributed by atoms with Gasteiger partial charge in [-0.3, -0.25) is 0 Å². The lowest BCUT2D eigenvalue weighted by Crippen LogP contribution is -2.33. The van der Waals surface area contributed by atoms with Crippen molar-refractivity contribution in [1.29, 1.82) is 0 Å². The predicted octanol–water partition coefficient (Wildman–Crippen LogP) is 2.84. The quantitative estimate of drug-likeness (QED) is 0.936. The Kier molecular flexibility index (Phi) is 3.53. The van der Waals surface area contributed by atoms with E-state index in [2.05, 4.69) is 27.0 Å². The van der Waals surface area contributed by atoms with Crippen LogP contribution in [0.15, 0.2) is 18.2 Å². The molecule has 0 saturated heterocycles. The van der Waals surface area contributed by atoms with Crippen LogP contribution in [-0.4, -0.2) is 21.3 Å². The number of aromatic nitrogens is 3. The Morgan fingerprint density at radius 1 is 1.35 bits per heavy atom. The van der Waals surface area contributed by atoms with E-state index in [1.54, 1.807) is 0 Å². The van der Waals surface area contributed by atoms with Crippen molar-refractivity contribution < 1.29 is 4.39 Å². The molecule has 2 aromatic rings. The van der Waals surface area contributed by atoms with Gasteiger partial charge in [-0.1, -0.05) is 13.3 Å². The summed E-state index contributed by atoms with van der Waals surface area (Å²) in [4.78, 5) is 0. The molecule has 0 bridgehead atoms. The number of hydrogen-bond donors (Lipinski definition) is 1. The number of benzene rings is 1. The van der Waals surface area contributed by atoms with Gasteiger partial charge in [0.2, 0.25) is 0 Å². The molecule has 1 unspecified atom stereocenters. The molecule has 0 amide bonds. The molecule has 0 radical (unpaired) electrons. The third-order valence-electron chi connectivity index (χ3n) is 3.69. The number of hydrogen-bond acceptors (Lipinski definition) is 3. The third-order valence-corrected chi connectivity index (χ3v) is 3.69. The van der Waals surface area contributed by atoms with E-state index in [1.165, 1.54) is 12.1 Å². The Bertz CT molecular complexity index is 600. The Morgan fingerprint density at radius 2 is 2.20 bits per heavy atom. The monoisotopic (exact) mass is 274 g/mol. The minimum atomic E-state index is -0.226. The van der Waals surface area contributed by atoms with Crippen LogP contribution in [0.25, 0.3) is 11.4 Å². The minimum Gasteiger partial charge on any atom is -0.308 e. The topological polar surface area (TPSA) is 42.7 Å². The molecule has 5 heteroatoms. The van der Waals surface area contributed by atoms with Crippen LogP contribution in [-0.2, 0) is 6.54 Å². The molecule has 0 spiro atoms. The zero-order valence-corrected chi connectivity index (χ0v) is 11.9. The molecule has 0 aliphatic carbocycles. The predicted molar refractivity (Wildman–Crippen MR) is 75.8 cm³/mol. The van der Waals surface area contributed by atoms with Crippen LogP contribution in [0, 0.1) is 12.7 Å². The molecule has 4 nitrogen and oxygen atoms in total. The van der Waals surface area contributed by atoms with Gasteiger partial charge in [-0.2, -0.15) is 0 Å². The third kappa shape index (κ3) is 2.33. The van der Waals surface area contributed by atoms with E-state index in [9.17, 15) is 4.39 Å². The molecule has 0 fully saturated rings. The largest absolute Gasteiger partial charge is 0.308 e. The number of aryl methyl sites for hydroxylation is 1. The van der Waals surface area contributed by atoms with Gasteiger partial charge >= 0.3 is 0 Å². The second kappa shape index (κ2) is 5.32. The first-order chi connectivity index (χ1) is 9.69. The van der Waals surface area contributed by atoms with Crippen LogP contribution in [0.4, 0.5) is 4.39 Å². The van der Waals surface area contributed by atoms with Crippen LogP contribution in [0.5, 0.6) is 0 Å². The van der Waals surface area contributed by atoms with Crippen molar-refractivity contribution in [2.45, 2.75) is 39.3 Å². The smallest absolute Gasteiger partial charge is 0.164 e. The molecular formula is C15H19FN4. The SMILES string of the molecule is CCCC1NCCn2c(-c3cc(C)cc(F)c3)nnc21. The average Bonchev–Trinajstić information content (AvgIpc) is 2.83. The molecule has 0 saturated carbocycles. The highest BCUT2D eigenvalue weighted by molar-refractivity contribution is 5.57. The van der Waals surface area contributed by atoms with Crippen molar-refractivity contribution in [2.75, 3.05) is 6.54 Å². The van der Waals surface area contributed by atoms with Crippen molar-refractivity contribution in [3.05, 3.63) is 35.4 Å². The Morgan fingerprint density at radius 3 is 2.95 bits per heavy atom. The summed E-state index contributed by atoms with van der Waals surface area (Å²) in [6.45, 7) is 5.78. The van der Waals surface area contributed by atoms with Crippen LogP contribution in [0.1, 0.15) is 37.2 Å². The lowest BCUT2D eigenvalue weighted by Gasteiger charge is -2.24. The lowest BCUT2D eigenvalue weighted by atomic mass is 10.1. The van der Waals surface area contributed by atoms with Crippen molar-refractivity contribution in [3.8, 4) is 11.4 Å². The highest BCUT2D eigenvalue weighted by atomic mass is 19.1.